The third-order valence-electron chi connectivity index (χ3n) is 6.89. The lowest BCUT2D eigenvalue weighted by atomic mass is 9.72. The minimum atomic E-state index is -0.318. The Hall–Kier alpha value is -3.52. The SMILES string of the molecule is CCN(CC)c1ccc([C@H]2C(C#N)=C(C)NC3=C2C(=O)C[C@@H](c2ccc(OC)cc2)C3)cc1. The van der Waals surface area contributed by atoms with Crippen LogP contribution in [-0.2, 0) is 4.79 Å². The van der Waals surface area contributed by atoms with Crippen LogP contribution in [0.5, 0.6) is 5.75 Å². The predicted molar refractivity (Wildman–Crippen MR) is 131 cm³/mol. The number of nitriles is 1. The van der Waals surface area contributed by atoms with Gasteiger partial charge in [0, 0.05) is 42.2 Å². The van der Waals surface area contributed by atoms with Crippen molar-refractivity contribution in [3.05, 3.63) is 82.2 Å². The van der Waals surface area contributed by atoms with Gasteiger partial charge < -0.3 is 15.0 Å². The minimum absolute atomic E-state index is 0.108. The van der Waals surface area contributed by atoms with Crippen LogP contribution in [0.25, 0.3) is 0 Å². The third-order valence-corrected chi connectivity index (χ3v) is 6.89. The molecule has 0 bridgehead atoms. The van der Waals surface area contributed by atoms with Crippen LogP contribution in [0.4, 0.5) is 5.69 Å². The number of ketones is 1. The number of anilines is 1. The Morgan fingerprint density at radius 1 is 1.03 bits per heavy atom. The quantitative estimate of drug-likeness (QED) is 0.648. The van der Waals surface area contributed by atoms with Crippen LogP contribution in [0, 0.1) is 11.3 Å². The lowest BCUT2D eigenvalue weighted by molar-refractivity contribution is -0.116. The Balaban J connectivity index is 1.70. The van der Waals surface area contributed by atoms with Crippen LogP contribution >= 0.6 is 0 Å². The number of ether oxygens (including phenoxy) is 1. The molecule has 0 radical (unpaired) electrons. The molecule has 4 rings (SSSR count). The lowest BCUT2D eigenvalue weighted by Gasteiger charge is -2.36. The average Bonchev–Trinajstić information content (AvgIpc) is 2.84. The number of carbonyl (C=O) groups is 1. The van der Waals surface area contributed by atoms with E-state index < -0.39 is 0 Å². The number of hydrogen-bond acceptors (Lipinski definition) is 5. The summed E-state index contributed by atoms with van der Waals surface area (Å²) in [6.45, 7) is 8.09. The smallest absolute Gasteiger partial charge is 0.162 e. The van der Waals surface area contributed by atoms with Gasteiger partial charge in [-0.1, -0.05) is 24.3 Å². The van der Waals surface area contributed by atoms with Crippen molar-refractivity contribution >= 4 is 11.5 Å². The first-order valence-corrected chi connectivity index (χ1v) is 11.6. The summed E-state index contributed by atoms with van der Waals surface area (Å²) >= 11 is 0. The molecular weight excluding hydrogens is 410 g/mol. The highest BCUT2D eigenvalue weighted by molar-refractivity contribution is 6.00. The van der Waals surface area contributed by atoms with Gasteiger partial charge >= 0.3 is 0 Å². The van der Waals surface area contributed by atoms with E-state index in [0.29, 0.717) is 12.0 Å². The van der Waals surface area contributed by atoms with Crippen molar-refractivity contribution in [2.24, 2.45) is 0 Å². The molecule has 2 aromatic rings. The standard InChI is InChI=1S/C28H31N3O2/c1-5-31(6-2)22-11-7-20(8-12-22)27-24(17-29)18(3)30-25-15-21(16-26(32)28(25)27)19-9-13-23(33-4)14-10-19/h7-14,21,27,30H,5-6,15-16H2,1-4H3/t21-,27-/m0/s1. The van der Waals surface area contributed by atoms with Crippen LogP contribution in [0.1, 0.15) is 56.6 Å². The molecule has 5 nitrogen and oxygen atoms in total. The monoisotopic (exact) mass is 441 g/mol. The second-order valence-corrected chi connectivity index (χ2v) is 8.67. The van der Waals surface area contributed by atoms with Gasteiger partial charge in [0.2, 0.25) is 0 Å². The van der Waals surface area contributed by atoms with Crippen molar-refractivity contribution in [3.8, 4) is 11.8 Å². The Labute approximate surface area is 196 Å². The number of Topliss-reactive ketones (excluding diaryl/α,β-unsaturated/α-hetero) is 1. The van der Waals surface area contributed by atoms with Crippen molar-refractivity contribution < 1.29 is 9.53 Å². The normalized spacial score (nSPS) is 20.2. The Bertz CT molecular complexity index is 1130. The van der Waals surface area contributed by atoms with Crippen molar-refractivity contribution in [1.82, 2.24) is 5.32 Å². The zero-order chi connectivity index (χ0) is 23.5. The van der Waals surface area contributed by atoms with Gasteiger partial charge in [-0.3, -0.25) is 4.79 Å². The molecule has 2 aromatic carbocycles. The largest absolute Gasteiger partial charge is 0.497 e. The van der Waals surface area contributed by atoms with Crippen molar-refractivity contribution in [3.63, 3.8) is 0 Å². The molecule has 0 fully saturated rings. The van der Waals surface area contributed by atoms with Crippen LogP contribution < -0.4 is 15.0 Å². The van der Waals surface area contributed by atoms with Gasteiger partial charge in [-0.05, 0) is 68.5 Å². The van der Waals surface area contributed by atoms with Gasteiger partial charge in [-0.15, -0.1) is 0 Å². The number of nitrogens with one attached hydrogen (secondary N) is 1. The highest BCUT2D eigenvalue weighted by Gasteiger charge is 2.38. The third kappa shape index (κ3) is 4.26. The summed E-state index contributed by atoms with van der Waals surface area (Å²) in [6, 6.07) is 18.7. The number of benzene rings is 2. The zero-order valence-electron chi connectivity index (χ0n) is 19.8. The van der Waals surface area contributed by atoms with Crippen LogP contribution in [0.15, 0.2) is 71.1 Å². The highest BCUT2D eigenvalue weighted by atomic mass is 16.5. The number of dihydropyridines is 1. The summed E-state index contributed by atoms with van der Waals surface area (Å²) in [5.41, 5.74) is 6.43. The maximum atomic E-state index is 13.5. The summed E-state index contributed by atoms with van der Waals surface area (Å²) in [6.07, 6.45) is 1.19. The molecule has 0 aromatic heterocycles. The number of hydrogen-bond donors (Lipinski definition) is 1. The first-order chi connectivity index (χ1) is 16.0. The van der Waals surface area contributed by atoms with Crippen molar-refractivity contribution in [1.29, 1.82) is 5.26 Å². The maximum Gasteiger partial charge on any atom is 0.162 e. The molecule has 0 amide bonds. The van der Waals surface area contributed by atoms with Crippen molar-refractivity contribution in [2.75, 3.05) is 25.1 Å². The van der Waals surface area contributed by atoms with E-state index in [1.165, 1.54) is 0 Å². The van der Waals surface area contributed by atoms with E-state index in [4.69, 9.17) is 4.74 Å². The second-order valence-electron chi connectivity index (χ2n) is 8.67. The van der Waals surface area contributed by atoms with Gasteiger partial charge in [-0.25, -0.2) is 0 Å². The summed E-state index contributed by atoms with van der Waals surface area (Å²) in [4.78, 5) is 15.8. The molecule has 1 aliphatic carbocycles. The number of nitrogens with zero attached hydrogens (tertiary/aromatic N) is 2. The van der Waals surface area contributed by atoms with Gasteiger partial charge in [-0.2, -0.15) is 5.26 Å². The lowest BCUT2D eigenvalue weighted by Crippen LogP contribution is -2.33. The molecule has 0 unspecified atom stereocenters. The molecule has 1 heterocycles. The molecule has 0 spiro atoms. The highest BCUT2D eigenvalue weighted by Crippen LogP contribution is 2.45. The Kier molecular flexibility index (Phi) is 6.55. The number of carbonyl (C=O) groups excluding carboxylic acids is 1. The molecule has 170 valence electrons. The molecule has 1 aliphatic heterocycles. The Morgan fingerprint density at radius 3 is 2.24 bits per heavy atom. The minimum Gasteiger partial charge on any atom is -0.497 e. The molecule has 5 heteroatoms. The number of methoxy groups -OCH3 is 1. The summed E-state index contributed by atoms with van der Waals surface area (Å²) in [5.74, 6) is 0.711. The first-order valence-electron chi connectivity index (χ1n) is 11.6. The van der Waals surface area contributed by atoms with Crippen LogP contribution in [-0.4, -0.2) is 26.0 Å². The molecular formula is C28H31N3O2. The zero-order valence-corrected chi connectivity index (χ0v) is 19.8. The van der Waals surface area contributed by atoms with E-state index in [1.54, 1.807) is 7.11 Å². The molecule has 2 atom stereocenters. The van der Waals surface area contributed by atoms with Gasteiger partial charge in [0.25, 0.3) is 0 Å². The predicted octanol–water partition coefficient (Wildman–Crippen LogP) is 5.43. The van der Waals surface area contributed by atoms with E-state index in [9.17, 15) is 10.1 Å². The van der Waals surface area contributed by atoms with E-state index in [2.05, 4.69) is 54.4 Å². The fourth-order valence-electron chi connectivity index (χ4n) is 5.10. The van der Waals surface area contributed by atoms with E-state index >= 15 is 0 Å². The van der Waals surface area contributed by atoms with Crippen LogP contribution in [0.2, 0.25) is 0 Å². The Morgan fingerprint density at radius 2 is 1.67 bits per heavy atom. The fourth-order valence-corrected chi connectivity index (χ4v) is 5.10. The van der Waals surface area contributed by atoms with Crippen molar-refractivity contribution in [2.45, 2.75) is 45.4 Å². The average molecular weight is 442 g/mol. The van der Waals surface area contributed by atoms with Crippen LogP contribution in [0.3, 0.4) is 0 Å². The molecule has 33 heavy (non-hydrogen) atoms. The molecule has 2 aliphatic rings. The van der Waals surface area contributed by atoms with E-state index in [0.717, 1.165) is 59.0 Å². The fraction of sp³-hybridized carbons (Fsp3) is 0.357. The second kappa shape index (κ2) is 9.54. The van der Waals surface area contributed by atoms with Gasteiger partial charge in [0.05, 0.1) is 24.7 Å². The number of rotatable bonds is 6. The summed E-state index contributed by atoms with van der Waals surface area (Å²) in [5, 5.41) is 13.4. The summed E-state index contributed by atoms with van der Waals surface area (Å²) < 4.78 is 5.27. The van der Waals surface area contributed by atoms with Gasteiger partial charge in [0.1, 0.15) is 5.75 Å². The summed E-state index contributed by atoms with van der Waals surface area (Å²) in [7, 11) is 1.65. The molecule has 0 saturated carbocycles. The first kappa shape index (κ1) is 22.7. The maximum absolute atomic E-state index is 13.5. The van der Waals surface area contributed by atoms with Gasteiger partial charge in [0.15, 0.2) is 5.78 Å². The topological polar surface area (TPSA) is 65.4 Å². The number of allylic oxidation sites excluding steroid dienone is 4. The van der Waals surface area contributed by atoms with E-state index in [1.807, 2.05) is 31.2 Å². The molecule has 0 saturated heterocycles. The van der Waals surface area contributed by atoms with E-state index in [-0.39, 0.29) is 17.6 Å². The molecule has 1 N–H and O–H groups in total.